The summed E-state index contributed by atoms with van der Waals surface area (Å²) in [6, 6.07) is 11.6. The van der Waals surface area contributed by atoms with E-state index in [1.165, 1.54) is 21.6 Å². The van der Waals surface area contributed by atoms with Crippen molar-refractivity contribution in [2.24, 2.45) is 0 Å². The topological polar surface area (TPSA) is 83.0 Å². The number of hydrogen-bond acceptors (Lipinski definition) is 4. The molecule has 0 radical (unpaired) electrons. The first-order valence-corrected chi connectivity index (χ1v) is 7.48. The Morgan fingerprint density at radius 3 is 2.54 bits per heavy atom. The van der Waals surface area contributed by atoms with E-state index in [4.69, 9.17) is 11.6 Å². The minimum atomic E-state index is -0.427. The van der Waals surface area contributed by atoms with Crippen LogP contribution in [-0.4, -0.2) is 19.3 Å². The normalized spacial score (nSPS) is 10.8. The van der Waals surface area contributed by atoms with E-state index in [-0.39, 0.29) is 17.9 Å². The quantitative estimate of drug-likeness (QED) is 0.538. The third-order valence-electron chi connectivity index (χ3n) is 3.62. The van der Waals surface area contributed by atoms with E-state index in [9.17, 15) is 14.9 Å². The van der Waals surface area contributed by atoms with E-state index >= 15 is 0 Å². The highest BCUT2D eigenvalue weighted by Gasteiger charge is 2.12. The average molecular weight is 345 g/mol. The maximum Gasteiger partial charge on any atom is 0.350 e. The lowest BCUT2D eigenvalue weighted by Gasteiger charge is -2.04. The van der Waals surface area contributed by atoms with Gasteiger partial charge in [-0.15, -0.1) is 0 Å². The van der Waals surface area contributed by atoms with Crippen molar-refractivity contribution < 1.29 is 4.92 Å². The minimum absolute atomic E-state index is 0.0583. The number of nitro benzene ring substituents is 1. The Morgan fingerprint density at radius 1 is 1.21 bits per heavy atom. The third-order valence-corrected chi connectivity index (χ3v) is 3.87. The van der Waals surface area contributed by atoms with Gasteiger partial charge in [0.15, 0.2) is 0 Å². The SMILES string of the molecule is Cc1cc(Cn2cnn(-c3ccc(Cl)cc3)c2=O)ccc1[N+](=O)[O-]. The molecule has 0 atom stereocenters. The van der Waals surface area contributed by atoms with E-state index in [2.05, 4.69) is 5.10 Å². The summed E-state index contributed by atoms with van der Waals surface area (Å²) in [4.78, 5) is 22.9. The lowest BCUT2D eigenvalue weighted by molar-refractivity contribution is -0.385. The van der Waals surface area contributed by atoms with Crippen LogP contribution in [0, 0.1) is 17.0 Å². The number of rotatable bonds is 4. The largest absolute Gasteiger partial charge is 0.350 e. The molecule has 122 valence electrons. The van der Waals surface area contributed by atoms with Crippen LogP contribution in [0.2, 0.25) is 5.02 Å². The fourth-order valence-electron chi connectivity index (χ4n) is 2.42. The molecule has 0 aliphatic heterocycles. The monoisotopic (exact) mass is 344 g/mol. The van der Waals surface area contributed by atoms with Gasteiger partial charge in [-0.2, -0.15) is 9.78 Å². The Morgan fingerprint density at radius 2 is 1.92 bits per heavy atom. The molecule has 0 fully saturated rings. The fourth-order valence-corrected chi connectivity index (χ4v) is 2.55. The lowest BCUT2D eigenvalue weighted by atomic mass is 10.1. The van der Waals surface area contributed by atoms with Crippen molar-refractivity contribution in [2.75, 3.05) is 0 Å². The molecule has 0 aliphatic carbocycles. The van der Waals surface area contributed by atoms with E-state index in [0.717, 1.165) is 5.56 Å². The summed E-state index contributed by atoms with van der Waals surface area (Å²) in [6.07, 6.45) is 1.44. The predicted molar refractivity (Wildman–Crippen MR) is 89.8 cm³/mol. The van der Waals surface area contributed by atoms with Gasteiger partial charge in [-0.1, -0.05) is 17.7 Å². The van der Waals surface area contributed by atoms with Crippen molar-refractivity contribution in [2.45, 2.75) is 13.5 Å². The van der Waals surface area contributed by atoms with Gasteiger partial charge in [0.05, 0.1) is 17.2 Å². The van der Waals surface area contributed by atoms with Gasteiger partial charge in [0.1, 0.15) is 6.33 Å². The number of halogens is 1. The summed E-state index contributed by atoms with van der Waals surface area (Å²) in [5.41, 5.74) is 1.71. The smallest absolute Gasteiger partial charge is 0.277 e. The first-order chi connectivity index (χ1) is 11.5. The number of nitro groups is 1. The Labute approximate surface area is 141 Å². The molecule has 3 aromatic rings. The van der Waals surface area contributed by atoms with Crippen molar-refractivity contribution in [3.63, 3.8) is 0 Å². The number of aromatic nitrogens is 3. The van der Waals surface area contributed by atoms with Gasteiger partial charge < -0.3 is 0 Å². The molecular formula is C16H13ClN4O3. The maximum absolute atomic E-state index is 12.4. The molecule has 1 aromatic heterocycles. The van der Waals surface area contributed by atoms with E-state index in [0.29, 0.717) is 16.3 Å². The van der Waals surface area contributed by atoms with Crippen LogP contribution >= 0.6 is 11.6 Å². The molecule has 0 N–H and O–H groups in total. The highest BCUT2D eigenvalue weighted by molar-refractivity contribution is 6.30. The summed E-state index contributed by atoms with van der Waals surface area (Å²) >= 11 is 5.84. The molecule has 7 nitrogen and oxygen atoms in total. The molecule has 3 rings (SSSR count). The van der Waals surface area contributed by atoms with Crippen LogP contribution in [0.5, 0.6) is 0 Å². The molecule has 24 heavy (non-hydrogen) atoms. The van der Waals surface area contributed by atoms with Crippen LogP contribution in [-0.2, 0) is 6.54 Å². The highest BCUT2D eigenvalue weighted by Crippen LogP contribution is 2.19. The summed E-state index contributed by atoms with van der Waals surface area (Å²) in [5.74, 6) is 0. The lowest BCUT2D eigenvalue weighted by Crippen LogP contribution is -2.24. The molecular weight excluding hydrogens is 332 g/mol. The van der Waals surface area contributed by atoms with E-state index < -0.39 is 4.92 Å². The van der Waals surface area contributed by atoms with Gasteiger partial charge in [0.2, 0.25) is 0 Å². The summed E-state index contributed by atoms with van der Waals surface area (Å²) < 4.78 is 2.71. The number of nitrogens with zero attached hydrogens (tertiary/aromatic N) is 4. The molecule has 0 bridgehead atoms. The van der Waals surface area contributed by atoms with Crippen molar-refractivity contribution in [1.29, 1.82) is 0 Å². The maximum atomic E-state index is 12.4. The Bertz CT molecular complexity index is 960. The van der Waals surface area contributed by atoms with Crippen LogP contribution in [0.3, 0.4) is 0 Å². The predicted octanol–water partition coefficient (Wildman–Crippen LogP) is 2.95. The molecule has 0 amide bonds. The standard InChI is InChI=1S/C16H13ClN4O3/c1-11-8-12(2-7-15(11)21(23)24)9-19-10-18-20(16(19)22)14-5-3-13(17)4-6-14/h2-8,10H,9H2,1H3. The van der Waals surface area contributed by atoms with E-state index in [1.54, 1.807) is 43.3 Å². The first-order valence-electron chi connectivity index (χ1n) is 7.10. The molecule has 2 aromatic carbocycles. The number of aryl methyl sites for hydroxylation is 1. The molecule has 8 heteroatoms. The van der Waals surface area contributed by atoms with Gasteiger partial charge in [-0.05, 0) is 42.8 Å². The Balaban J connectivity index is 1.89. The Hall–Kier alpha value is -2.93. The molecule has 0 aliphatic rings. The first kappa shape index (κ1) is 15.9. The third kappa shape index (κ3) is 3.07. The highest BCUT2D eigenvalue weighted by atomic mass is 35.5. The molecule has 0 unspecified atom stereocenters. The van der Waals surface area contributed by atoms with Crippen LogP contribution < -0.4 is 5.69 Å². The average Bonchev–Trinajstić information content (AvgIpc) is 2.89. The zero-order chi connectivity index (χ0) is 17.3. The summed E-state index contributed by atoms with van der Waals surface area (Å²) in [6.45, 7) is 1.95. The zero-order valence-electron chi connectivity index (χ0n) is 12.7. The van der Waals surface area contributed by atoms with Crippen LogP contribution in [0.15, 0.2) is 53.6 Å². The Kier molecular flexibility index (Phi) is 4.18. The second kappa shape index (κ2) is 6.29. The second-order valence-corrected chi connectivity index (χ2v) is 5.74. The zero-order valence-corrected chi connectivity index (χ0v) is 13.5. The van der Waals surface area contributed by atoms with Gasteiger partial charge in [0.25, 0.3) is 5.69 Å². The number of hydrogen-bond donors (Lipinski definition) is 0. The van der Waals surface area contributed by atoms with Crippen molar-refractivity contribution >= 4 is 17.3 Å². The van der Waals surface area contributed by atoms with E-state index in [1.807, 2.05) is 0 Å². The summed E-state index contributed by atoms with van der Waals surface area (Å²) in [7, 11) is 0. The minimum Gasteiger partial charge on any atom is -0.277 e. The van der Waals surface area contributed by atoms with Gasteiger partial charge in [0, 0.05) is 16.7 Å². The van der Waals surface area contributed by atoms with Crippen LogP contribution in [0.4, 0.5) is 5.69 Å². The van der Waals surface area contributed by atoms with Crippen LogP contribution in [0.1, 0.15) is 11.1 Å². The molecule has 0 saturated heterocycles. The van der Waals surface area contributed by atoms with Gasteiger partial charge >= 0.3 is 5.69 Å². The van der Waals surface area contributed by atoms with Crippen molar-refractivity contribution in [3.05, 3.63) is 85.5 Å². The second-order valence-electron chi connectivity index (χ2n) is 5.31. The van der Waals surface area contributed by atoms with Crippen molar-refractivity contribution in [3.8, 4) is 5.69 Å². The number of benzene rings is 2. The van der Waals surface area contributed by atoms with Crippen LogP contribution in [0.25, 0.3) is 5.69 Å². The van der Waals surface area contributed by atoms with Gasteiger partial charge in [-0.25, -0.2) is 4.79 Å². The summed E-state index contributed by atoms with van der Waals surface area (Å²) in [5, 5.41) is 15.5. The fraction of sp³-hybridized carbons (Fsp3) is 0.125. The van der Waals surface area contributed by atoms with Crippen molar-refractivity contribution in [1.82, 2.24) is 14.3 Å². The van der Waals surface area contributed by atoms with Gasteiger partial charge in [-0.3, -0.25) is 14.7 Å². The molecule has 0 saturated carbocycles. The molecule has 1 heterocycles. The molecule has 0 spiro atoms.